The quantitative estimate of drug-likeness (QED) is 0.735. The molecule has 2 N–H and O–H groups in total. The van der Waals surface area contributed by atoms with Gasteiger partial charge in [0, 0.05) is 18.0 Å². The Balaban J connectivity index is 2.34. The zero-order valence-electron chi connectivity index (χ0n) is 7.46. The van der Waals surface area contributed by atoms with Crippen LogP contribution >= 0.6 is 0 Å². The molecule has 0 saturated heterocycles. The van der Waals surface area contributed by atoms with Gasteiger partial charge in [0.15, 0.2) is 5.82 Å². The van der Waals surface area contributed by atoms with Gasteiger partial charge in [-0.05, 0) is 12.1 Å². The van der Waals surface area contributed by atoms with E-state index in [0.29, 0.717) is 12.4 Å². The van der Waals surface area contributed by atoms with E-state index in [1.807, 2.05) is 12.1 Å². The highest BCUT2D eigenvalue weighted by molar-refractivity contribution is 5.56. The van der Waals surface area contributed by atoms with Crippen molar-refractivity contribution in [2.45, 2.75) is 6.54 Å². The second-order valence-corrected chi connectivity index (χ2v) is 2.70. The molecule has 0 atom stereocenters. The molecule has 14 heavy (non-hydrogen) atoms. The second kappa shape index (κ2) is 3.89. The van der Waals surface area contributed by atoms with Crippen molar-refractivity contribution in [3.8, 4) is 11.3 Å². The summed E-state index contributed by atoms with van der Waals surface area (Å²) >= 11 is 0. The average Bonchev–Trinajstić information content (AvgIpc) is 2.30. The summed E-state index contributed by atoms with van der Waals surface area (Å²) in [6, 6.07) is 3.71. The van der Waals surface area contributed by atoms with E-state index in [0.717, 1.165) is 11.3 Å². The molecular formula is C9H9N5. The van der Waals surface area contributed by atoms with E-state index in [9.17, 15) is 0 Å². The highest BCUT2D eigenvalue weighted by atomic mass is 15.2. The van der Waals surface area contributed by atoms with Gasteiger partial charge < -0.3 is 5.73 Å². The number of pyridine rings is 1. The molecule has 0 unspecified atom stereocenters. The first-order chi connectivity index (χ1) is 6.90. The zero-order valence-corrected chi connectivity index (χ0v) is 7.46. The molecule has 2 heterocycles. The first-order valence-corrected chi connectivity index (χ1v) is 4.19. The molecule has 0 bridgehead atoms. The van der Waals surface area contributed by atoms with Crippen molar-refractivity contribution in [1.29, 1.82) is 0 Å². The number of nitrogens with two attached hydrogens (primary N) is 1. The van der Waals surface area contributed by atoms with Gasteiger partial charge in [-0.25, -0.2) is 4.98 Å². The van der Waals surface area contributed by atoms with Crippen molar-refractivity contribution in [1.82, 2.24) is 20.2 Å². The molecule has 0 aliphatic rings. The van der Waals surface area contributed by atoms with Gasteiger partial charge in [-0.1, -0.05) is 0 Å². The Morgan fingerprint density at radius 3 is 2.50 bits per heavy atom. The maximum Gasteiger partial charge on any atom is 0.164 e. The summed E-state index contributed by atoms with van der Waals surface area (Å²) in [6.07, 6.45) is 5.06. The summed E-state index contributed by atoms with van der Waals surface area (Å²) in [4.78, 5) is 7.97. The molecule has 0 saturated carbocycles. The lowest BCUT2D eigenvalue weighted by atomic mass is 10.2. The fourth-order valence-corrected chi connectivity index (χ4v) is 1.05. The second-order valence-electron chi connectivity index (χ2n) is 2.70. The molecular weight excluding hydrogens is 178 g/mol. The van der Waals surface area contributed by atoms with Crippen LogP contribution in [0.5, 0.6) is 0 Å². The lowest BCUT2D eigenvalue weighted by molar-refractivity contribution is 0.835. The number of hydrogen-bond acceptors (Lipinski definition) is 5. The van der Waals surface area contributed by atoms with E-state index in [4.69, 9.17) is 5.73 Å². The molecule has 0 amide bonds. The third-order valence-electron chi connectivity index (χ3n) is 1.77. The fourth-order valence-electron chi connectivity index (χ4n) is 1.05. The van der Waals surface area contributed by atoms with Crippen LogP contribution in [0.15, 0.2) is 30.7 Å². The molecule has 2 rings (SSSR count). The van der Waals surface area contributed by atoms with E-state index in [1.54, 1.807) is 18.6 Å². The molecule has 5 nitrogen and oxygen atoms in total. The number of hydrogen-bond donors (Lipinski definition) is 1. The average molecular weight is 187 g/mol. The third kappa shape index (κ3) is 1.72. The summed E-state index contributed by atoms with van der Waals surface area (Å²) in [5.74, 6) is 0.544. The van der Waals surface area contributed by atoms with Crippen LogP contribution < -0.4 is 5.73 Å². The van der Waals surface area contributed by atoms with Crippen molar-refractivity contribution < 1.29 is 0 Å². The highest BCUT2D eigenvalue weighted by Crippen LogP contribution is 2.12. The molecule has 70 valence electrons. The molecule has 0 fully saturated rings. The van der Waals surface area contributed by atoms with Crippen molar-refractivity contribution in [2.75, 3.05) is 0 Å². The molecule has 2 aromatic rings. The standard InChI is InChI=1S/C9H9N5/c10-5-9-12-6-8(13-14-9)7-1-3-11-4-2-7/h1-4,6H,5,10H2. The van der Waals surface area contributed by atoms with E-state index in [2.05, 4.69) is 20.2 Å². The van der Waals surface area contributed by atoms with Crippen LogP contribution in [0.25, 0.3) is 11.3 Å². The summed E-state index contributed by atoms with van der Waals surface area (Å²) < 4.78 is 0. The predicted molar refractivity (Wildman–Crippen MR) is 50.9 cm³/mol. The Labute approximate surface area is 81.0 Å². The van der Waals surface area contributed by atoms with E-state index < -0.39 is 0 Å². The fraction of sp³-hybridized carbons (Fsp3) is 0.111. The van der Waals surface area contributed by atoms with E-state index in [1.165, 1.54) is 0 Å². The zero-order chi connectivity index (χ0) is 9.80. The Kier molecular flexibility index (Phi) is 2.42. The van der Waals surface area contributed by atoms with E-state index >= 15 is 0 Å². The summed E-state index contributed by atoms with van der Waals surface area (Å²) in [5, 5.41) is 7.87. The van der Waals surface area contributed by atoms with Crippen LogP contribution in [0.3, 0.4) is 0 Å². The molecule has 0 aliphatic heterocycles. The van der Waals surface area contributed by atoms with E-state index in [-0.39, 0.29) is 0 Å². The van der Waals surface area contributed by atoms with Crippen LogP contribution in [-0.2, 0) is 6.54 Å². The molecule has 2 aromatic heterocycles. The summed E-state index contributed by atoms with van der Waals surface area (Å²) in [6.45, 7) is 0.309. The van der Waals surface area contributed by atoms with Crippen LogP contribution in [0.4, 0.5) is 0 Å². The van der Waals surface area contributed by atoms with Gasteiger partial charge in [-0.2, -0.15) is 0 Å². The lowest BCUT2D eigenvalue weighted by Crippen LogP contribution is -2.04. The SMILES string of the molecule is NCc1ncc(-c2ccncc2)nn1. The monoisotopic (exact) mass is 187 g/mol. The molecule has 0 aliphatic carbocycles. The maximum atomic E-state index is 5.36. The Morgan fingerprint density at radius 1 is 1.14 bits per heavy atom. The minimum absolute atomic E-state index is 0.309. The largest absolute Gasteiger partial charge is 0.324 e. The molecule has 0 spiro atoms. The number of rotatable bonds is 2. The number of aromatic nitrogens is 4. The topological polar surface area (TPSA) is 77.6 Å². The van der Waals surface area contributed by atoms with Gasteiger partial charge >= 0.3 is 0 Å². The lowest BCUT2D eigenvalue weighted by Gasteiger charge is -1.98. The molecule has 0 aromatic carbocycles. The normalized spacial score (nSPS) is 10.1. The smallest absolute Gasteiger partial charge is 0.164 e. The Morgan fingerprint density at radius 2 is 1.93 bits per heavy atom. The van der Waals surface area contributed by atoms with Crippen LogP contribution in [0.1, 0.15) is 5.82 Å². The molecule has 0 radical (unpaired) electrons. The van der Waals surface area contributed by atoms with Gasteiger partial charge in [0.05, 0.1) is 12.7 Å². The first-order valence-electron chi connectivity index (χ1n) is 4.19. The Bertz CT molecular complexity index is 397. The first kappa shape index (κ1) is 8.71. The van der Waals surface area contributed by atoms with Crippen LogP contribution in [-0.4, -0.2) is 20.2 Å². The van der Waals surface area contributed by atoms with Gasteiger partial charge in [0.2, 0.25) is 0 Å². The molecule has 5 heteroatoms. The van der Waals surface area contributed by atoms with Crippen LogP contribution in [0, 0.1) is 0 Å². The predicted octanol–water partition coefficient (Wildman–Crippen LogP) is 0.392. The van der Waals surface area contributed by atoms with Crippen molar-refractivity contribution in [3.05, 3.63) is 36.5 Å². The van der Waals surface area contributed by atoms with Gasteiger partial charge in [-0.3, -0.25) is 4.98 Å². The summed E-state index contributed by atoms with van der Waals surface area (Å²) in [5.41, 5.74) is 7.04. The van der Waals surface area contributed by atoms with Gasteiger partial charge in [0.25, 0.3) is 0 Å². The minimum atomic E-state index is 0.309. The van der Waals surface area contributed by atoms with Crippen molar-refractivity contribution in [2.24, 2.45) is 5.73 Å². The third-order valence-corrected chi connectivity index (χ3v) is 1.77. The summed E-state index contributed by atoms with van der Waals surface area (Å²) in [7, 11) is 0. The van der Waals surface area contributed by atoms with Crippen LogP contribution in [0.2, 0.25) is 0 Å². The number of nitrogens with zero attached hydrogens (tertiary/aromatic N) is 4. The highest BCUT2D eigenvalue weighted by Gasteiger charge is 1.99. The minimum Gasteiger partial charge on any atom is -0.324 e. The maximum absolute atomic E-state index is 5.36. The van der Waals surface area contributed by atoms with Crippen molar-refractivity contribution in [3.63, 3.8) is 0 Å². The Hall–Kier alpha value is -1.88. The van der Waals surface area contributed by atoms with Gasteiger partial charge in [-0.15, -0.1) is 10.2 Å². The van der Waals surface area contributed by atoms with Gasteiger partial charge in [0.1, 0.15) is 5.69 Å². The van der Waals surface area contributed by atoms with Crippen molar-refractivity contribution >= 4 is 0 Å².